The van der Waals surface area contributed by atoms with Crippen LogP contribution in [0.3, 0.4) is 0 Å². The number of alkyl halides is 1. The standard InChI is InChI=1S/C15H13BrN2S/c16-8-2-10-19-13-7-6-12-5-4-11-3-1-9-17-14(11)15(12)18-13/h1,3-7,9H,2,8,10H2. The molecule has 96 valence electrons. The topological polar surface area (TPSA) is 25.8 Å². The molecule has 1 aromatic carbocycles. The first-order valence-electron chi connectivity index (χ1n) is 6.22. The average Bonchev–Trinajstić information content (AvgIpc) is 2.47. The van der Waals surface area contributed by atoms with Crippen molar-refractivity contribution in [1.29, 1.82) is 0 Å². The fourth-order valence-electron chi connectivity index (χ4n) is 2.02. The highest BCUT2D eigenvalue weighted by molar-refractivity contribution is 9.09. The first-order valence-corrected chi connectivity index (χ1v) is 8.32. The Morgan fingerprint density at radius 2 is 1.79 bits per heavy atom. The fourth-order valence-corrected chi connectivity index (χ4v) is 3.49. The second kappa shape index (κ2) is 5.88. The highest BCUT2D eigenvalue weighted by atomic mass is 79.9. The van der Waals surface area contributed by atoms with Crippen LogP contribution in [0.2, 0.25) is 0 Å². The summed E-state index contributed by atoms with van der Waals surface area (Å²) >= 11 is 5.25. The van der Waals surface area contributed by atoms with Gasteiger partial charge in [-0.15, -0.1) is 11.8 Å². The van der Waals surface area contributed by atoms with E-state index >= 15 is 0 Å². The summed E-state index contributed by atoms with van der Waals surface area (Å²) in [4.78, 5) is 9.23. The molecule has 19 heavy (non-hydrogen) atoms. The third-order valence-corrected chi connectivity index (χ3v) is 4.51. The van der Waals surface area contributed by atoms with Crippen LogP contribution in [0, 0.1) is 0 Å². The monoisotopic (exact) mass is 332 g/mol. The lowest BCUT2D eigenvalue weighted by atomic mass is 10.1. The quantitative estimate of drug-likeness (QED) is 0.301. The van der Waals surface area contributed by atoms with Gasteiger partial charge in [0.1, 0.15) is 0 Å². The number of aromatic nitrogens is 2. The summed E-state index contributed by atoms with van der Waals surface area (Å²) in [6, 6.07) is 12.5. The summed E-state index contributed by atoms with van der Waals surface area (Å²) in [7, 11) is 0. The smallest absolute Gasteiger partial charge is 0.0978 e. The normalized spacial score (nSPS) is 11.2. The first kappa shape index (κ1) is 12.9. The van der Waals surface area contributed by atoms with Crippen molar-refractivity contribution in [3.05, 3.63) is 42.6 Å². The Morgan fingerprint density at radius 1 is 1.00 bits per heavy atom. The fraction of sp³-hybridized carbons (Fsp3) is 0.200. The predicted octanol–water partition coefficient (Wildman–Crippen LogP) is 4.66. The minimum absolute atomic E-state index is 0.989. The van der Waals surface area contributed by atoms with Gasteiger partial charge in [0.15, 0.2) is 0 Å². The van der Waals surface area contributed by atoms with Crippen LogP contribution in [-0.2, 0) is 0 Å². The van der Waals surface area contributed by atoms with E-state index in [9.17, 15) is 0 Å². The van der Waals surface area contributed by atoms with Gasteiger partial charge in [0, 0.05) is 28.1 Å². The van der Waals surface area contributed by atoms with Gasteiger partial charge in [-0.05, 0) is 18.6 Å². The zero-order valence-electron chi connectivity index (χ0n) is 10.3. The maximum atomic E-state index is 4.76. The van der Waals surface area contributed by atoms with E-state index in [4.69, 9.17) is 4.98 Å². The van der Waals surface area contributed by atoms with Gasteiger partial charge in [-0.2, -0.15) is 0 Å². The molecule has 0 radical (unpaired) electrons. The summed E-state index contributed by atoms with van der Waals surface area (Å²) in [6.45, 7) is 0. The van der Waals surface area contributed by atoms with Crippen molar-refractivity contribution in [2.24, 2.45) is 0 Å². The Hall–Kier alpha value is -1.13. The molecule has 0 unspecified atom stereocenters. The van der Waals surface area contributed by atoms with Crippen LogP contribution in [0.4, 0.5) is 0 Å². The van der Waals surface area contributed by atoms with E-state index in [1.807, 2.05) is 12.3 Å². The second-order valence-corrected chi connectivity index (χ2v) is 6.16. The highest BCUT2D eigenvalue weighted by Crippen LogP contribution is 2.25. The van der Waals surface area contributed by atoms with Crippen molar-refractivity contribution in [2.75, 3.05) is 11.1 Å². The van der Waals surface area contributed by atoms with E-state index < -0.39 is 0 Å². The Bertz CT molecular complexity index is 715. The largest absolute Gasteiger partial charge is 0.254 e. The highest BCUT2D eigenvalue weighted by Gasteiger charge is 2.04. The molecule has 3 aromatic rings. The van der Waals surface area contributed by atoms with Crippen LogP contribution in [-0.4, -0.2) is 21.1 Å². The van der Waals surface area contributed by atoms with Crippen LogP contribution in [0.1, 0.15) is 6.42 Å². The number of thioether (sulfide) groups is 1. The van der Waals surface area contributed by atoms with E-state index in [-0.39, 0.29) is 0 Å². The van der Waals surface area contributed by atoms with Crippen LogP contribution in [0.15, 0.2) is 47.6 Å². The summed E-state index contributed by atoms with van der Waals surface area (Å²) < 4.78 is 0. The number of nitrogens with zero attached hydrogens (tertiary/aromatic N) is 2. The number of pyridine rings is 2. The van der Waals surface area contributed by atoms with Crippen molar-refractivity contribution in [1.82, 2.24) is 9.97 Å². The van der Waals surface area contributed by atoms with Gasteiger partial charge in [-0.1, -0.05) is 40.2 Å². The van der Waals surface area contributed by atoms with E-state index in [1.165, 1.54) is 0 Å². The van der Waals surface area contributed by atoms with Crippen LogP contribution < -0.4 is 0 Å². The van der Waals surface area contributed by atoms with Gasteiger partial charge in [-0.3, -0.25) is 4.98 Å². The SMILES string of the molecule is BrCCCSc1ccc2ccc3cccnc3c2n1. The first-order chi connectivity index (χ1) is 9.38. The molecule has 2 aromatic heterocycles. The maximum absolute atomic E-state index is 4.76. The molecule has 0 saturated heterocycles. The molecule has 0 aliphatic carbocycles. The Balaban J connectivity index is 2.07. The molecule has 0 amide bonds. The number of fused-ring (bicyclic) bond motifs is 3. The molecule has 0 N–H and O–H groups in total. The molecule has 0 bridgehead atoms. The predicted molar refractivity (Wildman–Crippen MR) is 86.2 cm³/mol. The lowest BCUT2D eigenvalue weighted by Gasteiger charge is -2.05. The van der Waals surface area contributed by atoms with E-state index in [2.05, 4.69) is 51.2 Å². The van der Waals surface area contributed by atoms with Crippen molar-refractivity contribution in [3.63, 3.8) is 0 Å². The number of benzene rings is 1. The molecule has 2 nitrogen and oxygen atoms in total. The molecule has 0 aliphatic heterocycles. The Kier molecular flexibility index (Phi) is 3.99. The van der Waals surface area contributed by atoms with Crippen LogP contribution >= 0.6 is 27.7 Å². The summed E-state index contributed by atoms with van der Waals surface area (Å²) in [5, 5.41) is 4.41. The molecule has 3 rings (SSSR count). The van der Waals surface area contributed by atoms with Crippen molar-refractivity contribution in [3.8, 4) is 0 Å². The molecular weight excluding hydrogens is 320 g/mol. The summed E-state index contributed by atoms with van der Waals surface area (Å²) in [5.74, 6) is 1.09. The molecule has 0 aliphatic rings. The van der Waals surface area contributed by atoms with Crippen LogP contribution in [0.25, 0.3) is 21.8 Å². The zero-order chi connectivity index (χ0) is 13.1. The minimum atomic E-state index is 0.989. The molecule has 0 atom stereocenters. The number of hydrogen-bond acceptors (Lipinski definition) is 3. The molecule has 0 fully saturated rings. The van der Waals surface area contributed by atoms with E-state index in [1.54, 1.807) is 11.8 Å². The van der Waals surface area contributed by atoms with Gasteiger partial charge in [0.2, 0.25) is 0 Å². The molecule has 0 spiro atoms. The van der Waals surface area contributed by atoms with Crippen molar-refractivity contribution < 1.29 is 0 Å². The zero-order valence-corrected chi connectivity index (χ0v) is 12.7. The maximum Gasteiger partial charge on any atom is 0.0978 e. The lowest BCUT2D eigenvalue weighted by molar-refractivity contribution is 1.12. The number of halogens is 1. The van der Waals surface area contributed by atoms with Gasteiger partial charge in [-0.25, -0.2) is 4.98 Å². The minimum Gasteiger partial charge on any atom is -0.254 e. The number of rotatable bonds is 4. The molecular formula is C15H13BrN2S. The molecule has 2 heterocycles. The average molecular weight is 333 g/mol. The molecule has 0 saturated carbocycles. The van der Waals surface area contributed by atoms with Gasteiger partial charge < -0.3 is 0 Å². The van der Waals surface area contributed by atoms with Crippen LogP contribution in [0.5, 0.6) is 0 Å². The Labute approximate surface area is 124 Å². The van der Waals surface area contributed by atoms with Gasteiger partial charge in [0.25, 0.3) is 0 Å². The number of hydrogen-bond donors (Lipinski definition) is 0. The van der Waals surface area contributed by atoms with E-state index in [0.717, 1.165) is 44.3 Å². The lowest BCUT2D eigenvalue weighted by Crippen LogP contribution is -1.88. The third kappa shape index (κ3) is 2.74. The molecule has 4 heteroatoms. The second-order valence-electron chi connectivity index (χ2n) is 4.25. The third-order valence-electron chi connectivity index (χ3n) is 2.93. The van der Waals surface area contributed by atoms with E-state index in [0.29, 0.717) is 0 Å². The Morgan fingerprint density at radius 3 is 2.63 bits per heavy atom. The van der Waals surface area contributed by atoms with Crippen molar-refractivity contribution >= 4 is 49.5 Å². The summed E-state index contributed by atoms with van der Waals surface area (Å²) in [5.41, 5.74) is 1.99. The van der Waals surface area contributed by atoms with Gasteiger partial charge in [0.05, 0.1) is 16.1 Å². The van der Waals surface area contributed by atoms with Crippen molar-refractivity contribution in [2.45, 2.75) is 11.4 Å². The van der Waals surface area contributed by atoms with Gasteiger partial charge >= 0.3 is 0 Å². The summed E-state index contributed by atoms with van der Waals surface area (Å²) in [6.07, 6.45) is 2.98.